The van der Waals surface area contributed by atoms with Gasteiger partial charge in [0.25, 0.3) is 0 Å². The van der Waals surface area contributed by atoms with Crippen molar-refractivity contribution in [1.29, 1.82) is 0 Å². The summed E-state index contributed by atoms with van der Waals surface area (Å²) in [6.07, 6.45) is 1.96. The number of carbonyl (C=O) groups excluding carboxylic acids is 1. The van der Waals surface area contributed by atoms with Gasteiger partial charge in [0.1, 0.15) is 6.54 Å². The topological polar surface area (TPSA) is 56.7 Å². The van der Waals surface area contributed by atoms with Crippen molar-refractivity contribution < 1.29 is 4.79 Å². The van der Waals surface area contributed by atoms with Crippen LogP contribution >= 0.6 is 24.0 Å². The molecule has 0 saturated carbocycles. The van der Waals surface area contributed by atoms with Gasteiger partial charge in [0, 0.05) is 25.3 Å². The summed E-state index contributed by atoms with van der Waals surface area (Å²) in [6, 6.07) is 8.08. The minimum atomic E-state index is 0. The highest BCUT2D eigenvalue weighted by atomic mass is 127. The standard InChI is InChI=1S/C16H24N4O.HI/c1-3-10-18-16(17-4-2)19-12-15(21)20-11-9-13-7-5-6-8-14(13)20;/h5-8H,3-4,9-12H2,1-2H3,(H2,17,18,19);1H. The fraction of sp³-hybridized carbons (Fsp3) is 0.500. The number of halogens is 1. The lowest BCUT2D eigenvalue weighted by atomic mass is 10.2. The van der Waals surface area contributed by atoms with Gasteiger partial charge in [-0.25, -0.2) is 4.99 Å². The lowest BCUT2D eigenvalue weighted by molar-refractivity contribution is -0.117. The van der Waals surface area contributed by atoms with Gasteiger partial charge in [-0.2, -0.15) is 0 Å². The normalized spacial score (nSPS) is 13.4. The summed E-state index contributed by atoms with van der Waals surface area (Å²) >= 11 is 0. The quantitative estimate of drug-likeness (QED) is 0.440. The molecule has 2 rings (SSSR count). The lowest BCUT2D eigenvalue weighted by Crippen LogP contribution is -2.39. The Balaban J connectivity index is 0.00000242. The van der Waals surface area contributed by atoms with Crippen molar-refractivity contribution in [2.75, 3.05) is 31.1 Å². The van der Waals surface area contributed by atoms with Crippen LogP contribution in [0.4, 0.5) is 5.69 Å². The van der Waals surface area contributed by atoms with Crippen LogP contribution in [0.25, 0.3) is 0 Å². The predicted molar refractivity (Wildman–Crippen MR) is 102 cm³/mol. The number of para-hydroxylation sites is 1. The number of benzene rings is 1. The number of amides is 1. The number of rotatable bonds is 5. The number of hydrogen-bond donors (Lipinski definition) is 2. The van der Waals surface area contributed by atoms with Crippen LogP contribution in [0.15, 0.2) is 29.3 Å². The Hall–Kier alpha value is -1.31. The third-order valence-electron chi connectivity index (χ3n) is 3.45. The largest absolute Gasteiger partial charge is 0.357 e. The first-order valence-electron chi connectivity index (χ1n) is 7.66. The first kappa shape index (κ1) is 18.7. The average molecular weight is 416 g/mol. The molecule has 0 radical (unpaired) electrons. The van der Waals surface area contributed by atoms with Gasteiger partial charge < -0.3 is 15.5 Å². The number of nitrogens with one attached hydrogen (secondary N) is 2. The number of fused-ring (bicyclic) bond motifs is 1. The smallest absolute Gasteiger partial charge is 0.248 e. The molecule has 22 heavy (non-hydrogen) atoms. The number of anilines is 1. The molecule has 1 aromatic rings. The highest BCUT2D eigenvalue weighted by Crippen LogP contribution is 2.27. The first-order chi connectivity index (χ1) is 10.3. The highest BCUT2D eigenvalue weighted by molar-refractivity contribution is 14.0. The lowest BCUT2D eigenvalue weighted by Gasteiger charge is -2.17. The second kappa shape index (κ2) is 9.66. The molecule has 0 fully saturated rings. The van der Waals surface area contributed by atoms with Crippen LogP contribution in [0.1, 0.15) is 25.8 Å². The number of carbonyl (C=O) groups is 1. The van der Waals surface area contributed by atoms with Crippen molar-refractivity contribution in [3.8, 4) is 0 Å². The molecule has 0 unspecified atom stereocenters. The SMILES string of the molecule is CCCNC(=NCC(=O)N1CCc2ccccc21)NCC.I. The Morgan fingerprint density at radius 3 is 2.77 bits per heavy atom. The van der Waals surface area contributed by atoms with Crippen LogP contribution in [0, 0.1) is 0 Å². The Morgan fingerprint density at radius 1 is 1.27 bits per heavy atom. The summed E-state index contributed by atoms with van der Waals surface area (Å²) < 4.78 is 0. The van der Waals surface area contributed by atoms with E-state index in [2.05, 4.69) is 28.6 Å². The van der Waals surface area contributed by atoms with Gasteiger partial charge in [-0.05, 0) is 31.4 Å². The summed E-state index contributed by atoms with van der Waals surface area (Å²) in [6.45, 7) is 6.69. The molecule has 122 valence electrons. The minimum absolute atomic E-state index is 0. The first-order valence-corrected chi connectivity index (χ1v) is 7.66. The molecule has 0 aromatic heterocycles. The maximum atomic E-state index is 12.4. The molecule has 1 amide bonds. The van der Waals surface area contributed by atoms with Gasteiger partial charge in [0.2, 0.25) is 5.91 Å². The molecule has 2 N–H and O–H groups in total. The second-order valence-corrected chi connectivity index (χ2v) is 5.05. The van der Waals surface area contributed by atoms with E-state index in [0.29, 0.717) is 5.96 Å². The number of aliphatic imine (C=N–C) groups is 1. The van der Waals surface area contributed by atoms with E-state index in [1.165, 1.54) is 5.56 Å². The zero-order valence-corrected chi connectivity index (χ0v) is 15.6. The highest BCUT2D eigenvalue weighted by Gasteiger charge is 2.23. The van der Waals surface area contributed by atoms with Crippen molar-refractivity contribution in [1.82, 2.24) is 10.6 Å². The van der Waals surface area contributed by atoms with Gasteiger partial charge in [0.15, 0.2) is 5.96 Å². The fourth-order valence-electron chi connectivity index (χ4n) is 2.41. The maximum absolute atomic E-state index is 12.4. The monoisotopic (exact) mass is 416 g/mol. The van der Waals surface area contributed by atoms with Gasteiger partial charge in [0.05, 0.1) is 0 Å². The molecule has 0 saturated heterocycles. The molecule has 0 aliphatic carbocycles. The van der Waals surface area contributed by atoms with E-state index >= 15 is 0 Å². The average Bonchev–Trinajstić information content (AvgIpc) is 2.94. The summed E-state index contributed by atoms with van der Waals surface area (Å²) in [5.41, 5.74) is 2.27. The van der Waals surface area contributed by atoms with E-state index in [1.54, 1.807) is 0 Å². The molecule has 1 aromatic carbocycles. The van der Waals surface area contributed by atoms with Crippen molar-refractivity contribution >= 4 is 41.5 Å². The third-order valence-corrected chi connectivity index (χ3v) is 3.45. The van der Waals surface area contributed by atoms with Crippen molar-refractivity contribution in [2.45, 2.75) is 26.7 Å². The van der Waals surface area contributed by atoms with Gasteiger partial charge in [-0.3, -0.25) is 4.79 Å². The van der Waals surface area contributed by atoms with E-state index < -0.39 is 0 Å². The number of nitrogens with zero attached hydrogens (tertiary/aromatic N) is 2. The van der Waals surface area contributed by atoms with E-state index in [4.69, 9.17) is 0 Å². The van der Waals surface area contributed by atoms with Gasteiger partial charge >= 0.3 is 0 Å². The van der Waals surface area contributed by atoms with Crippen molar-refractivity contribution in [2.24, 2.45) is 4.99 Å². The third kappa shape index (κ3) is 4.86. The van der Waals surface area contributed by atoms with Crippen LogP contribution in [-0.4, -0.2) is 38.0 Å². The predicted octanol–water partition coefficient (Wildman–Crippen LogP) is 2.16. The summed E-state index contributed by atoms with van der Waals surface area (Å²) in [5.74, 6) is 0.758. The van der Waals surface area contributed by atoms with Crippen LogP contribution in [0.3, 0.4) is 0 Å². The van der Waals surface area contributed by atoms with Gasteiger partial charge in [-0.15, -0.1) is 24.0 Å². The Bertz CT molecular complexity index is 519. The zero-order chi connectivity index (χ0) is 15.1. The Labute approximate surface area is 149 Å². The summed E-state index contributed by atoms with van der Waals surface area (Å²) in [5, 5.41) is 6.35. The molecule has 1 aliphatic rings. The van der Waals surface area contributed by atoms with Crippen molar-refractivity contribution in [3.05, 3.63) is 29.8 Å². The second-order valence-electron chi connectivity index (χ2n) is 5.05. The van der Waals surface area contributed by atoms with Crippen molar-refractivity contribution in [3.63, 3.8) is 0 Å². The molecule has 5 nitrogen and oxygen atoms in total. The zero-order valence-electron chi connectivity index (χ0n) is 13.3. The molecule has 0 bridgehead atoms. The number of guanidine groups is 1. The Kier molecular flexibility index (Phi) is 8.22. The van der Waals surface area contributed by atoms with Crippen LogP contribution in [-0.2, 0) is 11.2 Å². The van der Waals surface area contributed by atoms with E-state index in [1.807, 2.05) is 30.0 Å². The molecule has 6 heteroatoms. The molecule has 1 heterocycles. The Morgan fingerprint density at radius 2 is 2.05 bits per heavy atom. The van der Waals surface area contributed by atoms with E-state index in [9.17, 15) is 4.79 Å². The van der Waals surface area contributed by atoms with E-state index in [0.717, 1.165) is 38.2 Å². The molecular weight excluding hydrogens is 391 g/mol. The van der Waals surface area contributed by atoms with E-state index in [-0.39, 0.29) is 36.4 Å². The molecular formula is C16H25IN4O. The number of hydrogen-bond acceptors (Lipinski definition) is 2. The molecule has 1 aliphatic heterocycles. The summed E-state index contributed by atoms with van der Waals surface area (Å²) in [7, 11) is 0. The molecule has 0 spiro atoms. The minimum Gasteiger partial charge on any atom is -0.357 e. The van der Waals surface area contributed by atoms with Crippen LogP contribution in [0.2, 0.25) is 0 Å². The van der Waals surface area contributed by atoms with Crippen LogP contribution < -0.4 is 15.5 Å². The fourth-order valence-corrected chi connectivity index (χ4v) is 2.41. The maximum Gasteiger partial charge on any atom is 0.248 e. The van der Waals surface area contributed by atoms with Crippen LogP contribution in [0.5, 0.6) is 0 Å². The van der Waals surface area contributed by atoms with Gasteiger partial charge in [-0.1, -0.05) is 25.1 Å². The summed E-state index contributed by atoms with van der Waals surface area (Å²) in [4.78, 5) is 18.6. The molecule has 0 atom stereocenters.